The van der Waals surface area contributed by atoms with Gasteiger partial charge in [-0.15, -0.1) is 10.2 Å². The van der Waals surface area contributed by atoms with Crippen LogP contribution in [-0.2, 0) is 6.54 Å². The van der Waals surface area contributed by atoms with Gasteiger partial charge in [0.1, 0.15) is 10.0 Å². The molecular formula is C12H11BrClN3S. The second-order valence-electron chi connectivity index (χ2n) is 4.28. The quantitative estimate of drug-likeness (QED) is 0.915. The van der Waals surface area contributed by atoms with Crippen molar-refractivity contribution in [2.24, 2.45) is 0 Å². The van der Waals surface area contributed by atoms with E-state index in [1.807, 2.05) is 18.2 Å². The molecule has 0 amide bonds. The number of nitrogens with one attached hydrogen (secondary N) is 1. The lowest BCUT2D eigenvalue weighted by atomic mass is 10.2. The summed E-state index contributed by atoms with van der Waals surface area (Å²) in [7, 11) is 0. The Morgan fingerprint density at radius 2 is 2.22 bits per heavy atom. The Labute approximate surface area is 123 Å². The van der Waals surface area contributed by atoms with Gasteiger partial charge in [0.25, 0.3) is 0 Å². The molecule has 3 rings (SSSR count). The van der Waals surface area contributed by atoms with Crippen molar-refractivity contribution in [1.29, 1.82) is 0 Å². The predicted molar refractivity (Wildman–Crippen MR) is 77.9 cm³/mol. The molecule has 1 saturated carbocycles. The van der Waals surface area contributed by atoms with Crippen LogP contribution in [0.3, 0.4) is 0 Å². The van der Waals surface area contributed by atoms with Gasteiger partial charge in [-0.25, -0.2) is 0 Å². The summed E-state index contributed by atoms with van der Waals surface area (Å²) in [5.74, 6) is 0. The molecule has 1 aliphatic carbocycles. The molecule has 0 aliphatic heterocycles. The molecule has 1 aromatic carbocycles. The highest BCUT2D eigenvalue weighted by Crippen LogP contribution is 2.32. The first-order chi connectivity index (χ1) is 8.72. The molecule has 1 aromatic heterocycles. The minimum Gasteiger partial charge on any atom is -0.308 e. The van der Waals surface area contributed by atoms with Crippen LogP contribution in [0, 0.1) is 0 Å². The first-order valence-electron chi connectivity index (χ1n) is 5.73. The van der Waals surface area contributed by atoms with Crippen molar-refractivity contribution < 1.29 is 0 Å². The summed E-state index contributed by atoms with van der Waals surface area (Å²) in [6.07, 6.45) is 2.57. The maximum atomic E-state index is 6.01. The van der Waals surface area contributed by atoms with Gasteiger partial charge in [-0.1, -0.05) is 38.9 Å². The van der Waals surface area contributed by atoms with E-state index in [9.17, 15) is 0 Å². The van der Waals surface area contributed by atoms with E-state index in [2.05, 4.69) is 31.4 Å². The van der Waals surface area contributed by atoms with E-state index in [4.69, 9.17) is 11.6 Å². The van der Waals surface area contributed by atoms with Crippen molar-refractivity contribution in [2.45, 2.75) is 25.4 Å². The third kappa shape index (κ3) is 2.91. The predicted octanol–water partition coefficient (Wildman–Crippen LogP) is 3.87. The van der Waals surface area contributed by atoms with Crippen molar-refractivity contribution in [3.05, 3.63) is 32.7 Å². The Kier molecular flexibility index (Phi) is 3.66. The molecule has 1 aliphatic rings. The normalized spacial score (nSPS) is 15.0. The fourth-order valence-electron chi connectivity index (χ4n) is 1.61. The molecule has 1 fully saturated rings. The van der Waals surface area contributed by atoms with Gasteiger partial charge in [-0.2, -0.15) is 0 Å². The second-order valence-corrected chi connectivity index (χ2v) is 6.63. The Bertz CT molecular complexity index is 568. The zero-order chi connectivity index (χ0) is 12.5. The number of hydrogen-bond donors (Lipinski definition) is 1. The SMILES string of the molecule is Clc1ccc(Br)c(-c2nnc(CNC3CC3)s2)c1. The molecule has 0 bridgehead atoms. The number of halogens is 2. The lowest BCUT2D eigenvalue weighted by Gasteiger charge is -2.00. The van der Waals surface area contributed by atoms with E-state index in [0.29, 0.717) is 11.1 Å². The number of benzene rings is 1. The molecule has 3 nitrogen and oxygen atoms in total. The summed E-state index contributed by atoms with van der Waals surface area (Å²) in [5.41, 5.74) is 0.998. The summed E-state index contributed by atoms with van der Waals surface area (Å²) in [6.45, 7) is 0.806. The zero-order valence-electron chi connectivity index (χ0n) is 9.49. The van der Waals surface area contributed by atoms with Crippen LogP contribution in [0.25, 0.3) is 10.6 Å². The van der Waals surface area contributed by atoms with Gasteiger partial charge in [0, 0.05) is 27.6 Å². The third-order valence-corrected chi connectivity index (χ3v) is 4.63. The summed E-state index contributed by atoms with van der Waals surface area (Å²) < 4.78 is 0.991. The molecule has 1 N–H and O–H groups in total. The van der Waals surface area contributed by atoms with Crippen LogP contribution in [-0.4, -0.2) is 16.2 Å². The van der Waals surface area contributed by atoms with E-state index >= 15 is 0 Å². The fraction of sp³-hybridized carbons (Fsp3) is 0.333. The number of aromatic nitrogens is 2. The molecular weight excluding hydrogens is 334 g/mol. The zero-order valence-corrected chi connectivity index (χ0v) is 12.6. The van der Waals surface area contributed by atoms with E-state index in [-0.39, 0.29) is 0 Å². The molecule has 0 radical (unpaired) electrons. The lowest BCUT2D eigenvalue weighted by molar-refractivity contribution is 0.679. The van der Waals surface area contributed by atoms with Crippen LogP contribution in [0.5, 0.6) is 0 Å². The first-order valence-corrected chi connectivity index (χ1v) is 7.72. The van der Waals surface area contributed by atoms with E-state index in [1.165, 1.54) is 12.8 Å². The van der Waals surface area contributed by atoms with E-state index in [0.717, 1.165) is 26.6 Å². The Morgan fingerprint density at radius 3 is 3.00 bits per heavy atom. The van der Waals surface area contributed by atoms with Crippen LogP contribution >= 0.6 is 38.9 Å². The van der Waals surface area contributed by atoms with Crippen molar-refractivity contribution in [1.82, 2.24) is 15.5 Å². The van der Waals surface area contributed by atoms with Crippen LogP contribution in [0.2, 0.25) is 5.02 Å². The fourth-order valence-corrected chi connectivity index (χ4v) is 3.17. The molecule has 0 saturated heterocycles. The van der Waals surface area contributed by atoms with Gasteiger partial charge in [-0.3, -0.25) is 0 Å². The highest BCUT2D eigenvalue weighted by atomic mass is 79.9. The molecule has 18 heavy (non-hydrogen) atoms. The average Bonchev–Trinajstić information content (AvgIpc) is 3.08. The highest BCUT2D eigenvalue weighted by Gasteiger charge is 2.21. The molecule has 0 unspecified atom stereocenters. The third-order valence-electron chi connectivity index (χ3n) is 2.74. The Morgan fingerprint density at radius 1 is 1.39 bits per heavy atom. The van der Waals surface area contributed by atoms with Crippen molar-refractivity contribution >= 4 is 38.9 Å². The van der Waals surface area contributed by atoms with Gasteiger partial charge in [0.05, 0.1) is 0 Å². The largest absolute Gasteiger partial charge is 0.308 e. The average molecular weight is 345 g/mol. The summed E-state index contributed by atoms with van der Waals surface area (Å²) in [4.78, 5) is 0. The van der Waals surface area contributed by atoms with Gasteiger partial charge >= 0.3 is 0 Å². The summed E-state index contributed by atoms with van der Waals surface area (Å²) >= 11 is 11.1. The minimum atomic E-state index is 0.690. The minimum absolute atomic E-state index is 0.690. The van der Waals surface area contributed by atoms with Crippen molar-refractivity contribution in [3.63, 3.8) is 0 Å². The second kappa shape index (κ2) is 5.25. The molecule has 2 aromatic rings. The molecule has 1 heterocycles. The van der Waals surface area contributed by atoms with E-state index < -0.39 is 0 Å². The van der Waals surface area contributed by atoms with Crippen LogP contribution in [0.15, 0.2) is 22.7 Å². The molecule has 0 spiro atoms. The van der Waals surface area contributed by atoms with E-state index in [1.54, 1.807) is 11.3 Å². The molecule has 94 valence electrons. The van der Waals surface area contributed by atoms with Crippen molar-refractivity contribution in [2.75, 3.05) is 0 Å². The Hall–Kier alpha value is -0.490. The van der Waals surface area contributed by atoms with Crippen LogP contribution < -0.4 is 5.32 Å². The van der Waals surface area contributed by atoms with Crippen molar-refractivity contribution in [3.8, 4) is 10.6 Å². The standard InChI is InChI=1S/C12H11BrClN3S/c13-10-4-1-7(14)5-9(10)12-17-16-11(18-12)6-15-8-2-3-8/h1,4-5,8,15H,2-3,6H2. The van der Waals surface area contributed by atoms with Crippen LogP contribution in [0.1, 0.15) is 17.8 Å². The molecule has 6 heteroatoms. The maximum absolute atomic E-state index is 6.01. The van der Waals surface area contributed by atoms with Crippen LogP contribution in [0.4, 0.5) is 0 Å². The number of hydrogen-bond acceptors (Lipinski definition) is 4. The molecule has 0 atom stereocenters. The lowest BCUT2D eigenvalue weighted by Crippen LogP contribution is -2.14. The Balaban J connectivity index is 1.80. The van der Waals surface area contributed by atoms with Gasteiger partial charge in [0.2, 0.25) is 0 Å². The monoisotopic (exact) mass is 343 g/mol. The smallest absolute Gasteiger partial charge is 0.149 e. The highest BCUT2D eigenvalue weighted by molar-refractivity contribution is 9.10. The number of rotatable bonds is 4. The maximum Gasteiger partial charge on any atom is 0.149 e. The topological polar surface area (TPSA) is 37.8 Å². The summed E-state index contributed by atoms with van der Waals surface area (Å²) in [6, 6.07) is 6.38. The summed E-state index contributed by atoms with van der Waals surface area (Å²) in [5, 5.41) is 14.5. The first kappa shape index (κ1) is 12.5. The van der Waals surface area contributed by atoms with Gasteiger partial charge in [-0.05, 0) is 31.0 Å². The van der Waals surface area contributed by atoms with Gasteiger partial charge < -0.3 is 5.32 Å². The van der Waals surface area contributed by atoms with Gasteiger partial charge in [0.15, 0.2) is 0 Å². The number of nitrogens with zero attached hydrogens (tertiary/aromatic N) is 2.